The van der Waals surface area contributed by atoms with E-state index in [9.17, 15) is 0 Å². The summed E-state index contributed by atoms with van der Waals surface area (Å²) in [6.07, 6.45) is 9.72. The molecule has 0 heterocycles. The zero-order chi connectivity index (χ0) is 21.6. The van der Waals surface area contributed by atoms with Crippen LogP contribution in [-0.4, -0.2) is 64.3 Å². The largest absolute Gasteiger partial charge is 0.493 e. The van der Waals surface area contributed by atoms with Gasteiger partial charge in [0.25, 0.3) is 0 Å². The molecule has 2 aromatic rings. The van der Waals surface area contributed by atoms with Gasteiger partial charge in [-0.3, -0.25) is 0 Å². The Morgan fingerprint density at radius 1 is 0.533 bits per heavy atom. The lowest BCUT2D eigenvalue weighted by atomic mass is 10.1. The molecule has 0 unspecified atom stereocenters. The molecule has 0 aliphatic carbocycles. The van der Waals surface area contributed by atoms with Gasteiger partial charge in [0.15, 0.2) is 0 Å². The number of hydrogen-bond donors (Lipinski definition) is 0. The normalized spacial score (nSPS) is 11.5. The molecule has 4 nitrogen and oxygen atoms in total. The van der Waals surface area contributed by atoms with Crippen LogP contribution in [0.5, 0.6) is 11.5 Å². The van der Waals surface area contributed by atoms with Crippen LogP contribution < -0.4 is 9.47 Å². The zero-order valence-electron chi connectivity index (χ0n) is 19.7. The van der Waals surface area contributed by atoms with E-state index in [-0.39, 0.29) is 0 Å². The quantitative estimate of drug-likeness (QED) is 0.322. The minimum Gasteiger partial charge on any atom is -0.493 e. The average Bonchev–Trinajstić information content (AvgIpc) is 2.72. The summed E-state index contributed by atoms with van der Waals surface area (Å²) in [6, 6.07) is 12.6. The molecule has 0 saturated carbocycles. The van der Waals surface area contributed by atoms with Crippen LogP contribution in [0.1, 0.15) is 51.4 Å². The number of fused-ring (bicyclic) bond motifs is 1. The molecular formula is C26H42N2O2. The molecule has 2 rings (SSSR count). The van der Waals surface area contributed by atoms with Crippen LogP contribution >= 0.6 is 0 Å². The summed E-state index contributed by atoms with van der Waals surface area (Å²) < 4.78 is 12.2. The van der Waals surface area contributed by atoms with E-state index in [1.54, 1.807) is 0 Å². The number of benzene rings is 2. The van der Waals surface area contributed by atoms with Crippen molar-refractivity contribution in [1.29, 1.82) is 0 Å². The Morgan fingerprint density at radius 3 is 1.33 bits per heavy atom. The highest BCUT2D eigenvalue weighted by molar-refractivity contribution is 5.93. The van der Waals surface area contributed by atoms with E-state index in [0.29, 0.717) is 0 Å². The highest BCUT2D eigenvalue weighted by Gasteiger charge is 2.07. The monoisotopic (exact) mass is 414 g/mol. The molecule has 0 saturated heterocycles. The third-order valence-corrected chi connectivity index (χ3v) is 5.36. The van der Waals surface area contributed by atoms with Crippen molar-refractivity contribution in [2.75, 3.05) is 54.5 Å². The van der Waals surface area contributed by atoms with E-state index in [2.05, 4.69) is 74.4 Å². The van der Waals surface area contributed by atoms with Crippen LogP contribution in [0, 0.1) is 0 Å². The van der Waals surface area contributed by atoms with Gasteiger partial charge in [-0.25, -0.2) is 0 Å². The number of unbranched alkanes of at least 4 members (excludes halogenated alkanes) is 6. The van der Waals surface area contributed by atoms with Gasteiger partial charge in [-0.15, -0.1) is 0 Å². The molecule has 0 spiro atoms. The smallest absolute Gasteiger partial charge is 0.127 e. The lowest BCUT2D eigenvalue weighted by Crippen LogP contribution is -2.12. The van der Waals surface area contributed by atoms with E-state index in [1.165, 1.54) is 51.6 Å². The Labute approximate surface area is 184 Å². The van der Waals surface area contributed by atoms with Crippen molar-refractivity contribution in [2.24, 2.45) is 0 Å². The number of hydrogen-bond acceptors (Lipinski definition) is 4. The Balaban J connectivity index is 1.77. The summed E-state index contributed by atoms with van der Waals surface area (Å²) in [5.74, 6) is 1.94. The second-order valence-corrected chi connectivity index (χ2v) is 8.74. The fourth-order valence-corrected chi connectivity index (χ4v) is 3.64. The molecule has 0 N–H and O–H groups in total. The van der Waals surface area contributed by atoms with Crippen LogP contribution in [0.4, 0.5) is 0 Å². The van der Waals surface area contributed by atoms with Gasteiger partial charge in [0.2, 0.25) is 0 Å². The predicted molar refractivity (Wildman–Crippen MR) is 129 cm³/mol. The fraction of sp³-hybridized carbons (Fsp3) is 0.615. The second-order valence-electron chi connectivity index (χ2n) is 8.74. The second kappa shape index (κ2) is 14.3. The minimum atomic E-state index is 0.777. The molecule has 30 heavy (non-hydrogen) atoms. The molecule has 2 aromatic carbocycles. The molecule has 0 bridgehead atoms. The maximum atomic E-state index is 6.12. The zero-order valence-corrected chi connectivity index (χ0v) is 19.7. The Hall–Kier alpha value is -1.78. The van der Waals surface area contributed by atoms with E-state index in [0.717, 1.165) is 48.3 Å². The first-order valence-electron chi connectivity index (χ1n) is 11.6. The molecule has 0 fully saturated rings. The van der Waals surface area contributed by atoms with Gasteiger partial charge < -0.3 is 19.3 Å². The first-order valence-corrected chi connectivity index (χ1v) is 11.6. The molecule has 0 aliphatic rings. The topological polar surface area (TPSA) is 24.9 Å². The lowest BCUT2D eigenvalue weighted by molar-refractivity contribution is 0.302. The van der Waals surface area contributed by atoms with Crippen LogP contribution in [0.25, 0.3) is 10.8 Å². The van der Waals surface area contributed by atoms with Gasteiger partial charge in [0.05, 0.1) is 13.2 Å². The van der Waals surface area contributed by atoms with Crippen molar-refractivity contribution in [3.05, 3.63) is 36.4 Å². The van der Waals surface area contributed by atoms with Crippen molar-refractivity contribution in [1.82, 2.24) is 9.80 Å². The molecule has 0 radical (unpaired) electrons. The van der Waals surface area contributed by atoms with Gasteiger partial charge in [0.1, 0.15) is 11.5 Å². The third kappa shape index (κ3) is 9.36. The summed E-state index contributed by atoms with van der Waals surface area (Å²) in [7, 11) is 8.53. The molecule has 0 atom stereocenters. The molecule has 0 aromatic heterocycles. The number of ether oxygens (including phenoxy) is 2. The van der Waals surface area contributed by atoms with Gasteiger partial charge in [-0.1, -0.05) is 49.9 Å². The summed E-state index contributed by atoms with van der Waals surface area (Å²) in [6.45, 7) is 3.89. The summed E-state index contributed by atoms with van der Waals surface area (Å²) in [5.41, 5.74) is 0. The Bertz CT molecular complexity index is 654. The fourth-order valence-electron chi connectivity index (χ4n) is 3.64. The van der Waals surface area contributed by atoms with E-state index in [4.69, 9.17) is 9.47 Å². The highest BCUT2D eigenvalue weighted by atomic mass is 16.5. The highest BCUT2D eigenvalue weighted by Crippen LogP contribution is 2.32. The molecule has 0 aliphatic heterocycles. The van der Waals surface area contributed by atoms with Gasteiger partial charge in [-0.2, -0.15) is 0 Å². The summed E-state index contributed by atoms with van der Waals surface area (Å²) >= 11 is 0. The van der Waals surface area contributed by atoms with Gasteiger partial charge in [0, 0.05) is 10.8 Å². The van der Waals surface area contributed by atoms with Crippen molar-refractivity contribution in [2.45, 2.75) is 51.4 Å². The van der Waals surface area contributed by atoms with Crippen molar-refractivity contribution in [3.63, 3.8) is 0 Å². The van der Waals surface area contributed by atoms with E-state index in [1.807, 2.05) is 0 Å². The van der Waals surface area contributed by atoms with E-state index < -0.39 is 0 Å². The van der Waals surface area contributed by atoms with Crippen molar-refractivity contribution >= 4 is 10.8 Å². The molecular weight excluding hydrogens is 372 g/mol. The summed E-state index contributed by atoms with van der Waals surface area (Å²) in [4.78, 5) is 4.49. The van der Waals surface area contributed by atoms with Gasteiger partial charge >= 0.3 is 0 Å². The third-order valence-electron chi connectivity index (χ3n) is 5.36. The first-order chi connectivity index (χ1) is 14.6. The van der Waals surface area contributed by atoms with Crippen molar-refractivity contribution in [3.8, 4) is 11.5 Å². The Morgan fingerprint density at radius 2 is 0.933 bits per heavy atom. The first kappa shape index (κ1) is 24.5. The SMILES string of the molecule is CN(C)CCCCCCOc1cccc2c(OCCCCCCN(C)C)cccc12. The van der Waals surface area contributed by atoms with Crippen LogP contribution in [0.15, 0.2) is 36.4 Å². The number of nitrogens with zero attached hydrogens (tertiary/aromatic N) is 2. The van der Waals surface area contributed by atoms with Crippen molar-refractivity contribution < 1.29 is 9.47 Å². The minimum absolute atomic E-state index is 0.777. The van der Waals surface area contributed by atoms with Crippen LogP contribution in [0.3, 0.4) is 0 Å². The van der Waals surface area contributed by atoms with Crippen LogP contribution in [0.2, 0.25) is 0 Å². The lowest BCUT2D eigenvalue weighted by Gasteiger charge is -2.13. The maximum absolute atomic E-state index is 6.12. The number of rotatable bonds is 16. The molecule has 168 valence electrons. The standard InChI is InChI=1S/C26H42N2O2/c1-27(2)19-9-5-7-11-21-29-25-17-13-16-24-23(25)15-14-18-26(24)30-22-12-8-6-10-20-28(3)4/h13-18H,5-12,19-22H2,1-4H3. The predicted octanol–water partition coefficient (Wildman–Crippen LogP) is 5.84. The Kier molecular flexibility index (Phi) is 11.6. The molecule has 4 heteroatoms. The van der Waals surface area contributed by atoms with E-state index >= 15 is 0 Å². The summed E-state index contributed by atoms with van der Waals surface area (Å²) in [5, 5.41) is 2.29. The average molecular weight is 415 g/mol. The maximum Gasteiger partial charge on any atom is 0.127 e. The van der Waals surface area contributed by atoms with Gasteiger partial charge in [-0.05, 0) is 79.1 Å². The van der Waals surface area contributed by atoms with Crippen LogP contribution in [-0.2, 0) is 0 Å². The molecule has 0 amide bonds.